The smallest absolute Gasteiger partial charge is 0.0892 e. The third-order valence-corrected chi connectivity index (χ3v) is 8.02. The second kappa shape index (κ2) is 4.36. The van der Waals surface area contributed by atoms with Crippen molar-refractivity contribution in [2.45, 2.75) is 6.61 Å². The molecule has 78 valence electrons. The molecule has 1 heterocycles. The molecule has 1 unspecified atom stereocenters. The first kappa shape index (κ1) is 11.3. The summed E-state index contributed by atoms with van der Waals surface area (Å²) in [5.74, 6) is 0. The minimum absolute atomic E-state index is 0.449. The molecule has 1 atom stereocenters. The predicted octanol–water partition coefficient (Wildman–Crippen LogP) is 4.69. The fraction of sp³-hybridized carbons (Fsp3) is 0.250. The number of hydrogen-bond acceptors (Lipinski definition) is 3. The summed E-state index contributed by atoms with van der Waals surface area (Å²) in [6.07, 6.45) is 0. The zero-order chi connectivity index (χ0) is 10.2. The van der Waals surface area contributed by atoms with Crippen LogP contribution in [0.2, 0.25) is 10.0 Å². The largest absolute Gasteiger partial charge is 0.312 e. The van der Waals surface area contributed by atoms with Gasteiger partial charge in [-0.2, -0.15) is 0 Å². The highest BCUT2D eigenvalue weighted by molar-refractivity contribution is 9.30. The Morgan fingerprint density at radius 3 is 2.50 bits per heavy atom. The monoisotopic (exact) mass is 286 g/mol. The van der Waals surface area contributed by atoms with E-state index in [1.165, 1.54) is 0 Å². The van der Waals surface area contributed by atoms with Crippen LogP contribution in [0, 0.1) is 0 Å². The van der Waals surface area contributed by atoms with Crippen molar-refractivity contribution >= 4 is 54.0 Å². The van der Waals surface area contributed by atoms with Crippen molar-refractivity contribution in [2.75, 3.05) is 5.08 Å². The van der Waals surface area contributed by atoms with Crippen LogP contribution in [-0.2, 0) is 10.8 Å². The molecule has 1 nitrogen and oxygen atoms in total. The summed E-state index contributed by atoms with van der Waals surface area (Å²) < 4.78 is 5.63. The standard InChI is InChI=1S/C8H8Cl2OS3/c9-7-2-1-3-8(10)6(7)4-11-14(12)5-13-14/h1-3,12H,4-5H2. The van der Waals surface area contributed by atoms with Gasteiger partial charge in [0.2, 0.25) is 0 Å². The highest BCUT2D eigenvalue weighted by Crippen LogP contribution is 2.82. The van der Waals surface area contributed by atoms with E-state index in [0.717, 1.165) is 10.6 Å². The van der Waals surface area contributed by atoms with Gasteiger partial charge in [-0.15, -0.1) is 0 Å². The van der Waals surface area contributed by atoms with Gasteiger partial charge >= 0.3 is 0 Å². The fourth-order valence-corrected chi connectivity index (χ4v) is 4.82. The summed E-state index contributed by atoms with van der Waals surface area (Å²) in [5, 5.41) is 2.30. The van der Waals surface area contributed by atoms with Crippen molar-refractivity contribution in [3.8, 4) is 0 Å². The number of benzene rings is 1. The molecule has 0 bridgehead atoms. The molecule has 1 aromatic carbocycles. The molecule has 0 amide bonds. The highest BCUT2D eigenvalue weighted by Gasteiger charge is 2.36. The van der Waals surface area contributed by atoms with Crippen molar-refractivity contribution in [3.63, 3.8) is 0 Å². The second-order valence-corrected chi connectivity index (χ2v) is 11.0. The lowest BCUT2D eigenvalue weighted by Crippen LogP contribution is -1.90. The second-order valence-electron chi connectivity index (χ2n) is 2.78. The maximum Gasteiger partial charge on any atom is 0.0892 e. The van der Waals surface area contributed by atoms with Gasteiger partial charge < -0.3 is 4.18 Å². The third-order valence-electron chi connectivity index (χ3n) is 1.77. The van der Waals surface area contributed by atoms with Crippen LogP contribution in [0.4, 0.5) is 0 Å². The van der Waals surface area contributed by atoms with Gasteiger partial charge in [-0.25, -0.2) is 0 Å². The van der Waals surface area contributed by atoms with Crippen LogP contribution in [0.15, 0.2) is 18.2 Å². The Hall–Kier alpha value is 0.810. The molecule has 1 saturated heterocycles. The van der Waals surface area contributed by atoms with Gasteiger partial charge in [0.1, 0.15) is 0 Å². The van der Waals surface area contributed by atoms with E-state index in [-0.39, 0.29) is 0 Å². The molecule has 0 radical (unpaired) electrons. The Kier molecular flexibility index (Phi) is 3.52. The molecule has 6 heteroatoms. The molecular weight excluding hydrogens is 279 g/mol. The Bertz CT molecular complexity index is 334. The van der Waals surface area contributed by atoms with Crippen molar-refractivity contribution in [3.05, 3.63) is 33.8 Å². The molecule has 0 aromatic heterocycles. The van der Waals surface area contributed by atoms with Crippen LogP contribution in [-0.4, -0.2) is 5.08 Å². The van der Waals surface area contributed by atoms with Gasteiger partial charge in [-0.05, 0) is 20.5 Å². The lowest BCUT2D eigenvalue weighted by molar-refractivity contribution is 0.363. The van der Waals surface area contributed by atoms with Gasteiger partial charge in [-0.3, -0.25) is 0 Å². The van der Waals surface area contributed by atoms with Crippen molar-refractivity contribution < 1.29 is 4.18 Å². The van der Waals surface area contributed by atoms with Crippen molar-refractivity contribution in [2.24, 2.45) is 0 Å². The van der Waals surface area contributed by atoms with Gasteiger partial charge in [0.05, 0.1) is 11.7 Å². The number of thiol groups is 1. The lowest BCUT2D eigenvalue weighted by atomic mass is 10.2. The zero-order valence-electron chi connectivity index (χ0n) is 7.07. The van der Waals surface area contributed by atoms with E-state index in [4.69, 9.17) is 27.4 Å². The van der Waals surface area contributed by atoms with E-state index in [2.05, 4.69) is 11.7 Å². The fourth-order valence-electron chi connectivity index (χ4n) is 0.930. The van der Waals surface area contributed by atoms with E-state index >= 15 is 0 Å². The minimum Gasteiger partial charge on any atom is -0.312 e. The molecule has 0 N–H and O–H groups in total. The van der Waals surface area contributed by atoms with Crippen molar-refractivity contribution in [1.29, 1.82) is 0 Å². The van der Waals surface area contributed by atoms with E-state index < -0.39 is 8.37 Å². The topological polar surface area (TPSA) is 9.23 Å². The molecule has 14 heavy (non-hydrogen) atoms. The van der Waals surface area contributed by atoms with Crippen LogP contribution in [0.1, 0.15) is 5.56 Å². The van der Waals surface area contributed by atoms with Crippen LogP contribution >= 0.6 is 54.0 Å². The third kappa shape index (κ3) is 2.68. The Balaban J connectivity index is 2.08. The number of rotatable bonds is 3. The van der Waals surface area contributed by atoms with Gasteiger partial charge in [0, 0.05) is 15.6 Å². The number of halogens is 2. The maximum atomic E-state index is 5.99. The van der Waals surface area contributed by atoms with E-state index in [0.29, 0.717) is 16.7 Å². The normalized spacial score (nSPS) is 29.6. The average molecular weight is 287 g/mol. The highest BCUT2D eigenvalue weighted by atomic mass is 35.5. The van der Waals surface area contributed by atoms with E-state index in [1.54, 1.807) is 10.8 Å². The van der Waals surface area contributed by atoms with Gasteiger partial charge in [0.25, 0.3) is 0 Å². The SMILES string of the molecule is SS1(OCc2c(Cl)cccc2Cl)CS1. The Morgan fingerprint density at radius 2 is 2.00 bits per heavy atom. The quantitative estimate of drug-likeness (QED) is 0.490. The minimum atomic E-state index is -1.11. The maximum absolute atomic E-state index is 5.99. The summed E-state index contributed by atoms with van der Waals surface area (Å²) in [5.41, 5.74) is 0.851. The molecule has 1 aliphatic heterocycles. The van der Waals surface area contributed by atoms with Crippen molar-refractivity contribution in [1.82, 2.24) is 0 Å². The number of hydrogen-bond donors (Lipinski definition) is 1. The predicted molar refractivity (Wildman–Crippen MR) is 70.3 cm³/mol. The van der Waals surface area contributed by atoms with E-state index in [1.807, 2.05) is 18.2 Å². The zero-order valence-corrected chi connectivity index (χ0v) is 11.1. The van der Waals surface area contributed by atoms with Crippen LogP contribution < -0.4 is 0 Å². The lowest BCUT2D eigenvalue weighted by Gasteiger charge is -2.13. The summed E-state index contributed by atoms with van der Waals surface area (Å²) in [6.45, 7) is 0.449. The van der Waals surface area contributed by atoms with Gasteiger partial charge in [-0.1, -0.05) is 51.7 Å². The van der Waals surface area contributed by atoms with E-state index in [9.17, 15) is 0 Å². The molecule has 1 aliphatic rings. The molecular formula is C8H8Cl2OS3. The first-order chi connectivity index (χ1) is 6.61. The molecule has 1 fully saturated rings. The van der Waals surface area contributed by atoms with Crippen LogP contribution in [0.5, 0.6) is 0 Å². The van der Waals surface area contributed by atoms with Gasteiger partial charge in [0.15, 0.2) is 0 Å². The Morgan fingerprint density at radius 1 is 1.43 bits per heavy atom. The molecule has 0 saturated carbocycles. The first-order valence-corrected chi connectivity index (χ1v) is 8.90. The summed E-state index contributed by atoms with van der Waals surface area (Å²) in [4.78, 5) is 0. The molecule has 1 aromatic rings. The molecule has 0 spiro atoms. The average Bonchev–Trinajstić information content (AvgIpc) is 2.83. The first-order valence-electron chi connectivity index (χ1n) is 3.86. The van der Waals surface area contributed by atoms with Crippen LogP contribution in [0.25, 0.3) is 0 Å². The Labute approximate surface area is 103 Å². The summed E-state index contributed by atoms with van der Waals surface area (Å²) in [7, 11) is 0.629. The van der Waals surface area contributed by atoms with Crippen LogP contribution in [0.3, 0.4) is 0 Å². The summed E-state index contributed by atoms with van der Waals surface area (Å²) in [6, 6.07) is 5.45. The summed E-state index contributed by atoms with van der Waals surface area (Å²) >= 11 is 16.4. The molecule has 2 rings (SSSR count). The molecule has 0 aliphatic carbocycles.